The summed E-state index contributed by atoms with van der Waals surface area (Å²) in [4.78, 5) is 27.9. The maximum absolute atomic E-state index is 12.3. The van der Waals surface area contributed by atoms with E-state index < -0.39 is 11.7 Å². The van der Waals surface area contributed by atoms with Gasteiger partial charge in [-0.15, -0.1) is 0 Å². The number of carbonyl (C=O) groups excluding carboxylic acids is 1. The zero-order valence-electron chi connectivity index (χ0n) is 15.0. The zero-order valence-corrected chi connectivity index (χ0v) is 15.7. The highest BCUT2D eigenvalue weighted by molar-refractivity contribution is 6.32. The summed E-state index contributed by atoms with van der Waals surface area (Å²) in [6.07, 6.45) is 3.22. The standard InChI is InChI=1S/C20H19ClN2O4/c1-3-14-8-19(24)27-17-10-18(16(21)9-15(14)17)26-12(2)20(25)23-11-13-4-6-22-7-5-13/h4-10,12H,3,11H2,1-2H3,(H,23,25)/t12-/m0/s1. The molecule has 140 valence electrons. The number of nitrogens with one attached hydrogen (secondary N) is 1. The molecule has 1 atom stereocenters. The molecule has 6 nitrogen and oxygen atoms in total. The highest BCUT2D eigenvalue weighted by atomic mass is 35.5. The molecule has 1 aromatic carbocycles. The van der Waals surface area contributed by atoms with E-state index in [1.807, 2.05) is 19.1 Å². The van der Waals surface area contributed by atoms with Crippen LogP contribution in [0.4, 0.5) is 0 Å². The number of hydrogen-bond acceptors (Lipinski definition) is 5. The average Bonchev–Trinajstić information content (AvgIpc) is 2.67. The lowest BCUT2D eigenvalue weighted by atomic mass is 10.1. The molecular formula is C20H19ClN2O4. The Hall–Kier alpha value is -2.86. The van der Waals surface area contributed by atoms with Gasteiger partial charge >= 0.3 is 5.63 Å². The van der Waals surface area contributed by atoms with E-state index in [0.29, 0.717) is 23.6 Å². The van der Waals surface area contributed by atoms with Gasteiger partial charge in [0.2, 0.25) is 0 Å². The molecule has 0 saturated heterocycles. The van der Waals surface area contributed by atoms with Crippen molar-refractivity contribution in [2.24, 2.45) is 0 Å². The van der Waals surface area contributed by atoms with Crippen molar-refractivity contribution in [1.29, 1.82) is 0 Å². The van der Waals surface area contributed by atoms with E-state index in [1.165, 1.54) is 6.07 Å². The third-order valence-corrected chi connectivity index (χ3v) is 4.45. The van der Waals surface area contributed by atoms with Gasteiger partial charge < -0.3 is 14.5 Å². The van der Waals surface area contributed by atoms with Gasteiger partial charge in [0.25, 0.3) is 5.91 Å². The minimum atomic E-state index is -0.775. The lowest BCUT2D eigenvalue weighted by Crippen LogP contribution is -2.35. The van der Waals surface area contributed by atoms with Crippen molar-refractivity contribution < 1.29 is 13.9 Å². The molecule has 0 aliphatic heterocycles. The van der Waals surface area contributed by atoms with E-state index in [4.69, 9.17) is 20.8 Å². The Labute approximate surface area is 161 Å². The molecule has 27 heavy (non-hydrogen) atoms. The van der Waals surface area contributed by atoms with Crippen LogP contribution < -0.4 is 15.7 Å². The van der Waals surface area contributed by atoms with Gasteiger partial charge in [-0.2, -0.15) is 0 Å². The predicted octanol–water partition coefficient (Wildman–Crippen LogP) is 3.49. The predicted molar refractivity (Wildman–Crippen MR) is 103 cm³/mol. The van der Waals surface area contributed by atoms with Gasteiger partial charge in [0.1, 0.15) is 11.3 Å². The number of benzene rings is 1. The van der Waals surface area contributed by atoms with Crippen LogP contribution in [0, 0.1) is 0 Å². The highest BCUT2D eigenvalue weighted by Crippen LogP contribution is 2.32. The Morgan fingerprint density at radius 2 is 2.04 bits per heavy atom. The smallest absolute Gasteiger partial charge is 0.336 e. The summed E-state index contributed by atoms with van der Waals surface area (Å²) in [6.45, 7) is 3.94. The lowest BCUT2D eigenvalue weighted by Gasteiger charge is -2.16. The van der Waals surface area contributed by atoms with Gasteiger partial charge in [-0.05, 0) is 42.7 Å². The van der Waals surface area contributed by atoms with E-state index in [-0.39, 0.29) is 11.7 Å². The number of carbonyl (C=O) groups is 1. The van der Waals surface area contributed by atoms with Crippen molar-refractivity contribution in [3.63, 3.8) is 0 Å². The summed E-state index contributed by atoms with van der Waals surface area (Å²) in [5, 5.41) is 3.90. The van der Waals surface area contributed by atoms with Crippen LogP contribution in [-0.4, -0.2) is 17.0 Å². The number of rotatable bonds is 6. The molecule has 2 heterocycles. The van der Waals surface area contributed by atoms with Crippen LogP contribution in [-0.2, 0) is 17.8 Å². The fraction of sp³-hybridized carbons (Fsp3) is 0.250. The Balaban J connectivity index is 1.76. The zero-order chi connectivity index (χ0) is 19.4. The van der Waals surface area contributed by atoms with E-state index in [2.05, 4.69) is 10.3 Å². The molecule has 0 aliphatic carbocycles. The Bertz CT molecular complexity index is 1020. The summed E-state index contributed by atoms with van der Waals surface area (Å²) in [6, 6.07) is 8.33. The maximum atomic E-state index is 12.3. The quantitative estimate of drug-likeness (QED) is 0.656. The SMILES string of the molecule is CCc1cc(=O)oc2cc(O[C@@H](C)C(=O)NCc3ccncc3)c(Cl)cc12. The Morgan fingerprint density at radius 1 is 1.30 bits per heavy atom. The number of amides is 1. The van der Waals surface area contributed by atoms with Crippen molar-refractivity contribution in [3.8, 4) is 5.75 Å². The second-order valence-corrected chi connectivity index (χ2v) is 6.46. The molecule has 1 amide bonds. The van der Waals surface area contributed by atoms with Crippen molar-refractivity contribution in [3.05, 3.63) is 69.3 Å². The number of halogens is 1. The van der Waals surface area contributed by atoms with Crippen LogP contribution >= 0.6 is 11.6 Å². The van der Waals surface area contributed by atoms with Crippen molar-refractivity contribution in [2.75, 3.05) is 0 Å². The van der Waals surface area contributed by atoms with Crippen LogP contribution in [0.25, 0.3) is 11.0 Å². The number of fused-ring (bicyclic) bond motifs is 1. The van der Waals surface area contributed by atoms with Crippen LogP contribution in [0.3, 0.4) is 0 Å². The number of pyridine rings is 1. The summed E-state index contributed by atoms with van der Waals surface area (Å²) >= 11 is 6.31. The Morgan fingerprint density at radius 3 is 2.74 bits per heavy atom. The molecule has 3 aromatic rings. The molecule has 0 spiro atoms. The first-order chi connectivity index (χ1) is 13.0. The highest BCUT2D eigenvalue weighted by Gasteiger charge is 2.17. The minimum Gasteiger partial charge on any atom is -0.479 e. The fourth-order valence-corrected chi connectivity index (χ4v) is 2.90. The van der Waals surface area contributed by atoms with Gasteiger partial charge in [0.15, 0.2) is 6.10 Å². The average molecular weight is 387 g/mol. The van der Waals surface area contributed by atoms with Crippen LogP contribution in [0.1, 0.15) is 25.0 Å². The summed E-state index contributed by atoms with van der Waals surface area (Å²) in [7, 11) is 0. The number of ether oxygens (including phenoxy) is 1. The molecule has 7 heteroatoms. The van der Waals surface area contributed by atoms with Gasteiger partial charge in [-0.3, -0.25) is 9.78 Å². The normalized spacial score (nSPS) is 12.0. The maximum Gasteiger partial charge on any atom is 0.336 e. The summed E-state index contributed by atoms with van der Waals surface area (Å²) < 4.78 is 10.9. The molecule has 0 bridgehead atoms. The van der Waals surface area contributed by atoms with Crippen molar-refractivity contribution >= 4 is 28.5 Å². The van der Waals surface area contributed by atoms with Crippen molar-refractivity contribution in [1.82, 2.24) is 10.3 Å². The van der Waals surface area contributed by atoms with Crippen LogP contribution in [0.15, 0.2) is 51.9 Å². The largest absolute Gasteiger partial charge is 0.479 e. The number of aryl methyl sites for hydroxylation is 1. The first-order valence-corrected chi connectivity index (χ1v) is 8.95. The second-order valence-electron chi connectivity index (χ2n) is 6.06. The number of nitrogens with zero attached hydrogens (tertiary/aromatic N) is 1. The minimum absolute atomic E-state index is 0.284. The second kappa shape index (κ2) is 8.22. The molecule has 0 unspecified atom stereocenters. The van der Waals surface area contributed by atoms with Crippen LogP contribution in [0.2, 0.25) is 5.02 Å². The van der Waals surface area contributed by atoms with Gasteiger partial charge in [-0.1, -0.05) is 18.5 Å². The topological polar surface area (TPSA) is 81.4 Å². The van der Waals surface area contributed by atoms with Gasteiger partial charge in [0.05, 0.1) is 5.02 Å². The first kappa shape index (κ1) is 18.9. The lowest BCUT2D eigenvalue weighted by molar-refractivity contribution is -0.127. The fourth-order valence-electron chi connectivity index (χ4n) is 2.69. The molecule has 0 saturated carbocycles. The third kappa shape index (κ3) is 4.46. The third-order valence-electron chi connectivity index (χ3n) is 4.15. The monoisotopic (exact) mass is 386 g/mol. The summed E-state index contributed by atoms with van der Waals surface area (Å²) in [5.41, 5.74) is 1.72. The van der Waals surface area contributed by atoms with Crippen LogP contribution in [0.5, 0.6) is 5.75 Å². The van der Waals surface area contributed by atoms with Gasteiger partial charge in [-0.25, -0.2) is 4.79 Å². The van der Waals surface area contributed by atoms with E-state index in [9.17, 15) is 9.59 Å². The summed E-state index contributed by atoms with van der Waals surface area (Å²) in [5.74, 6) is -0.00105. The first-order valence-electron chi connectivity index (χ1n) is 8.57. The van der Waals surface area contributed by atoms with Crippen molar-refractivity contribution in [2.45, 2.75) is 32.9 Å². The molecule has 1 N–H and O–H groups in total. The number of hydrogen-bond donors (Lipinski definition) is 1. The molecule has 0 aliphatic rings. The molecule has 3 rings (SSSR count). The molecule has 2 aromatic heterocycles. The van der Waals surface area contributed by atoms with E-state index >= 15 is 0 Å². The molecular weight excluding hydrogens is 368 g/mol. The molecule has 0 fully saturated rings. The van der Waals surface area contributed by atoms with Gasteiger partial charge in [0, 0.05) is 36.5 Å². The number of aromatic nitrogens is 1. The van der Waals surface area contributed by atoms with E-state index in [1.54, 1.807) is 31.5 Å². The Kier molecular flexibility index (Phi) is 5.76. The van der Waals surface area contributed by atoms with E-state index in [0.717, 1.165) is 16.5 Å². The molecule has 0 radical (unpaired) electrons.